The van der Waals surface area contributed by atoms with E-state index in [9.17, 15) is 18.0 Å². The fourth-order valence-electron chi connectivity index (χ4n) is 2.00. The summed E-state index contributed by atoms with van der Waals surface area (Å²) in [6, 6.07) is 7.15. The van der Waals surface area contributed by atoms with E-state index in [1.807, 2.05) is 0 Å². The van der Waals surface area contributed by atoms with Crippen LogP contribution in [0.15, 0.2) is 36.5 Å². The van der Waals surface area contributed by atoms with Crippen molar-refractivity contribution in [3.63, 3.8) is 0 Å². The SMILES string of the molecule is CCOc1ccc(-c2ccc(C(F)(F)F)nc2)cc1C(C)=O. The van der Waals surface area contributed by atoms with Gasteiger partial charge in [0.2, 0.25) is 0 Å². The van der Waals surface area contributed by atoms with Gasteiger partial charge in [0.1, 0.15) is 11.4 Å². The van der Waals surface area contributed by atoms with Crippen LogP contribution in [0.3, 0.4) is 0 Å². The molecule has 0 fully saturated rings. The second-order valence-corrected chi connectivity index (χ2v) is 4.63. The Kier molecular flexibility index (Phi) is 4.49. The van der Waals surface area contributed by atoms with Crippen molar-refractivity contribution in [2.75, 3.05) is 6.61 Å². The molecule has 22 heavy (non-hydrogen) atoms. The minimum atomic E-state index is -4.47. The fourth-order valence-corrected chi connectivity index (χ4v) is 2.00. The number of halogens is 3. The van der Waals surface area contributed by atoms with E-state index in [2.05, 4.69) is 4.98 Å². The van der Waals surface area contributed by atoms with Crippen LogP contribution in [0.5, 0.6) is 5.75 Å². The molecule has 0 spiro atoms. The van der Waals surface area contributed by atoms with Crippen LogP contribution in [0.4, 0.5) is 13.2 Å². The molecule has 0 saturated carbocycles. The minimum absolute atomic E-state index is 0.176. The van der Waals surface area contributed by atoms with Gasteiger partial charge in [-0.2, -0.15) is 13.2 Å². The largest absolute Gasteiger partial charge is 0.493 e. The number of nitrogens with zero attached hydrogens (tertiary/aromatic N) is 1. The van der Waals surface area contributed by atoms with Crippen molar-refractivity contribution in [1.29, 1.82) is 0 Å². The number of Topliss-reactive ketones (excluding diaryl/α,β-unsaturated/α-hetero) is 1. The van der Waals surface area contributed by atoms with E-state index in [1.165, 1.54) is 13.0 Å². The third kappa shape index (κ3) is 3.44. The Balaban J connectivity index is 2.40. The van der Waals surface area contributed by atoms with Gasteiger partial charge in [-0.25, -0.2) is 0 Å². The molecule has 2 rings (SSSR count). The van der Waals surface area contributed by atoms with Gasteiger partial charge in [0, 0.05) is 11.8 Å². The van der Waals surface area contributed by atoms with Gasteiger partial charge in [-0.05, 0) is 37.6 Å². The molecule has 1 aromatic carbocycles. The zero-order valence-electron chi connectivity index (χ0n) is 12.1. The molecule has 3 nitrogen and oxygen atoms in total. The van der Waals surface area contributed by atoms with Gasteiger partial charge in [0.05, 0.1) is 12.2 Å². The van der Waals surface area contributed by atoms with Crippen LogP contribution in [0.25, 0.3) is 11.1 Å². The molecule has 0 aliphatic rings. The summed E-state index contributed by atoms with van der Waals surface area (Å²) in [5, 5.41) is 0. The number of ether oxygens (including phenoxy) is 1. The van der Waals surface area contributed by atoms with Crippen LogP contribution in [-0.4, -0.2) is 17.4 Å². The predicted molar refractivity (Wildman–Crippen MR) is 75.8 cm³/mol. The molecule has 0 aliphatic heterocycles. The number of benzene rings is 1. The molecule has 0 N–H and O–H groups in total. The Bertz CT molecular complexity index is 679. The summed E-state index contributed by atoms with van der Waals surface area (Å²) >= 11 is 0. The first-order valence-corrected chi connectivity index (χ1v) is 6.64. The molecule has 0 aliphatic carbocycles. The average molecular weight is 309 g/mol. The van der Waals surface area contributed by atoms with E-state index in [0.717, 1.165) is 12.3 Å². The Morgan fingerprint density at radius 2 is 1.86 bits per heavy atom. The molecule has 1 heterocycles. The Hall–Kier alpha value is -2.37. The molecule has 2 aromatic rings. The number of rotatable bonds is 4. The van der Waals surface area contributed by atoms with Gasteiger partial charge in [-0.15, -0.1) is 0 Å². The van der Waals surface area contributed by atoms with Crippen LogP contribution in [-0.2, 0) is 6.18 Å². The maximum Gasteiger partial charge on any atom is 0.433 e. The van der Waals surface area contributed by atoms with Gasteiger partial charge in [-0.1, -0.05) is 12.1 Å². The number of ketones is 1. The van der Waals surface area contributed by atoms with Crippen molar-refractivity contribution >= 4 is 5.78 Å². The molecule has 0 atom stereocenters. The Morgan fingerprint density at radius 1 is 1.18 bits per heavy atom. The maximum atomic E-state index is 12.5. The van der Waals surface area contributed by atoms with Gasteiger partial charge < -0.3 is 4.74 Å². The minimum Gasteiger partial charge on any atom is -0.493 e. The van der Waals surface area contributed by atoms with Gasteiger partial charge in [0.15, 0.2) is 5.78 Å². The topological polar surface area (TPSA) is 39.2 Å². The van der Waals surface area contributed by atoms with Crippen molar-refractivity contribution in [2.24, 2.45) is 0 Å². The summed E-state index contributed by atoms with van der Waals surface area (Å²) in [6.07, 6.45) is -3.33. The van der Waals surface area contributed by atoms with Crippen molar-refractivity contribution < 1.29 is 22.7 Å². The van der Waals surface area contributed by atoms with Crippen molar-refractivity contribution in [1.82, 2.24) is 4.98 Å². The molecule has 0 amide bonds. The number of hydrogen-bond acceptors (Lipinski definition) is 3. The van der Waals surface area contributed by atoms with Crippen molar-refractivity contribution in [3.8, 4) is 16.9 Å². The van der Waals surface area contributed by atoms with E-state index < -0.39 is 11.9 Å². The first-order valence-electron chi connectivity index (χ1n) is 6.64. The highest BCUT2D eigenvalue weighted by Crippen LogP contribution is 2.30. The highest BCUT2D eigenvalue weighted by atomic mass is 19.4. The number of carbonyl (C=O) groups excluding carboxylic acids is 1. The van der Waals surface area contributed by atoms with Gasteiger partial charge in [0.25, 0.3) is 0 Å². The quantitative estimate of drug-likeness (QED) is 0.787. The molecule has 1 aromatic heterocycles. The van der Waals surface area contributed by atoms with E-state index in [-0.39, 0.29) is 5.78 Å². The molecule has 0 radical (unpaired) electrons. The average Bonchev–Trinajstić information content (AvgIpc) is 2.47. The summed E-state index contributed by atoms with van der Waals surface area (Å²) in [5.41, 5.74) is 0.543. The highest BCUT2D eigenvalue weighted by Gasteiger charge is 2.32. The number of aromatic nitrogens is 1. The van der Waals surface area contributed by atoms with Crippen molar-refractivity contribution in [2.45, 2.75) is 20.0 Å². The number of alkyl halides is 3. The lowest BCUT2D eigenvalue weighted by atomic mass is 10.0. The predicted octanol–water partition coefficient (Wildman–Crippen LogP) is 4.37. The standard InChI is InChI=1S/C16H14F3NO2/c1-3-22-14-6-4-11(8-13(14)10(2)21)12-5-7-15(20-9-12)16(17,18)19/h4-9H,3H2,1-2H3. The monoisotopic (exact) mass is 309 g/mol. The van der Waals surface area contributed by atoms with Gasteiger partial charge in [-0.3, -0.25) is 9.78 Å². The number of hydrogen-bond donors (Lipinski definition) is 0. The zero-order chi connectivity index (χ0) is 16.3. The smallest absolute Gasteiger partial charge is 0.433 e. The maximum absolute atomic E-state index is 12.5. The summed E-state index contributed by atoms with van der Waals surface area (Å²) in [7, 11) is 0. The second kappa shape index (κ2) is 6.17. The number of pyridine rings is 1. The Labute approximate surface area is 125 Å². The summed E-state index contributed by atoms with van der Waals surface area (Å²) in [4.78, 5) is 15.1. The summed E-state index contributed by atoms with van der Waals surface area (Å²) in [5.74, 6) is 0.281. The lowest BCUT2D eigenvalue weighted by Crippen LogP contribution is -2.07. The third-order valence-corrected chi connectivity index (χ3v) is 3.05. The van der Waals surface area contributed by atoms with Crippen LogP contribution in [0.2, 0.25) is 0 Å². The lowest BCUT2D eigenvalue weighted by molar-refractivity contribution is -0.141. The lowest BCUT2D eigenvalue weighted by Gasteiger charge is -2.11. The van der Waals surface area contributed by atoms with E-state index in [1.54, 1.807) is 25.1 Å². The molecular weight excluding hydrogens is 295 g/mol. The van der Waals surface area contributed by atoms with E-state index in [0.29, 0.717) is 29.0 Å². The first-order chi connectivity index (χ1) is 10.3. The molecule has 6 heteroatoms. The highest BCUT2D eigenvalue weighted by molar-refractivity contribution is 5.98. The summed E-state index contributed by atoms with van der Waals surface area (Å²) in [6.45, 7) is 3.63. The Morgan fingerprint density at radius 3 is 2.36 bits per heavy atom. The van der Waals surface area contributed by atoms with Crippen molar-refractivity contribution in [3.05, 3.63) is 47.8 Å². The van der Waals surface area contributed by atoms with Gasteiger partial charge >= 0.3 is 6.18 Å². The van der Waals surface area contributed by atoms with Crippen LogP contribution in [0, 0.1) is 0 Å². The van der Waals surface area contributed by atoms with E-state index in [4.69, 9.17) is 4.74 Å². The van der Waals surface area contributed by atoms with Crippen LogP contribution < -0.4 is 4.74 Å². The fraction of sp³-hybridized carbons (Fsp3) is 0.250. The molecule has 0 saturated heterocycles. The second-order valence-electron chi connectivity index (χ2n) is 4.63. The van der Waals surface area contributed by atoms with E-state index >= 15 is 0 Å². The number of carbonyl (C=O) groups is 1. The van der Waals surface area contributed by atoms with Crippen LogP contribution >= 0.6 is 0 Å². The molecule has 116 valence electrons. The molecular formula is C16H14F3NO2. The molecule has 0 unspecified atom stereocenters. The van der Waals surface area contributed by atoms with Crippen LogP contribution in [0.1, 0.15) is 29.9 Å². The zero-order valence-corrected chi connectivity index (χ0v) is 12.1. The third-order valence-electron chi connectivity index (χ3n) is 3.05. The first kappa shape index (κ1) is 16.0. The molecule has 0 bridgehead atoms. The normalized spacial score (nSPS) is 11.3. The summed E-state index contributed by atoms with van der Waals surface area (Å²) < 4.78 is 42.9.